The molecule has 1 aromatic heterocycles. The molecule has 0 radical (unpaired) electrons. The number of hydrogen-bond donors (Lipinski definition) is 0. The van der Waals surface area contributed by atoms with Crippen molar-refractivity contribution in [3.8, 4) is 5.75 Å². The van der Waals surface area contributed by atoms with E-state index in [1.807, 2.05) is 12.4 Å². The van der Waals surface area contributed by atoms with Gasteiger partial charge in [0.15, 0.2) is 0 Å². The summed E-state index contributed by atoms with van der Waals surface area (Å²) in [7, 11) is 5.31. The Morgan fingerprint density at radius 1 is 0.839 bits per heavy atom. The molecule has 56 heavy (non-hydrogen) atoms. The number of fused-ring (bicyclic) bond motifs is 2. The number of aromatic nitrogens is 1. The van der Waals surface area contributed by atoms with E-state index in [2.05, 4.69) is 143 Å². The van der Waals surface area contributed by atoms with Gasteiger partial charge < -0.3 is 28.7 Å². The molecular weight excluding hydrogens is 695 g/mol. The molecule has 0 spiro atoms. The van der Waals surface area contributed by atoms with E-state index in [0.717, 1.165) is 69.1 Å². The Kier molecular flexibility index (Phi) is 12.6. The lowest BCUT2D eigenvalue weighted by atomic mass is 9.80. The SMILES string of the molecule is COCCCN1/C(=C/C=C2\CCC(/C=C/C3N(CCCOC)c4ccc(OC)cc4C3(C)C)=C2OC(c2ccncc2)C(C)(C)C)C(C)(C)c2cc(C)ccc21. The number of nitrogens with zero attached hydrogens (tertiary/aromatic N) is 3. The van der Waals surface area contributed by atoms with Crippen LogP contribution in [0.3, 0.4) is 0 Å². The Morgan fingerprint density at radius 3 is 2.21 bits per heavy atom. The third-order valence-electron chi connectivity index (χ3n) is 12.0. The average Bonchev–Trinajstić information content (AvgIpc) is 3.72. The Balaban J connectivity index is 1.44. The first-order valence-electron chi connectivity index (χ1n) is 20.4. The molecule has 2 aliphatic heterocycles. The zero-order valence-corrected chi connectivity index (χ0v) is 35.9. The third kappa shape index (κ3) is 8.35. The van der Waals surface area contributed by atoms with E-state index in [1.165, 1.54) is 44.9 Å². The first-order chi connectivity index (χ1) is 26.7. The van der Waals surface area contributed by atoms with Crippen LogP contribution < -0.4 is 14.5 Å². The summed E-state index contributed by atoms with van der Waals surface area (Å²) >= 11 is 0. The van der Waals surface area contributed by atoms with E-state index in [4.69, 9.17) is 18.9 Å². The van der Waals surface area contributed by atoms with E-state index in [-0.39, 0.29) is 28.4 Å². The fraction of sp³-hybridized carbons (Fsp3) is 0.490. The summed E-state index contributed by atoms with van der Waals surface area (Å²) < 4.78 is 24.0. The fourth-order valence-corrected chi connectivity index (χ4v) is 8.95. The van der Waals surface area contributed by atoms with Crippen molar-refractivity contribution >= 4 is 11.4 Å². The molecule has 3 aliphatic rings. The lowest BCUT2D eigenvalue weighted by Crippen LogP contribution is -2.40. The second-order valence-electron chi connectivity index (χ2n) is 17.8. The van der Waals surface area contributed by atoms with Crippen molar-refractivity contribution in [1.29, 1.82) is 0 Å². The summed E-state index contributed by atoms with van der Waals surface area (Å²) in [4.78, 5) is 9.39. The van der Waals surface area contributed by atoms with Gasteiger partial charge in [-0.2, -0.15) is 0 Å². The van der Waals surface area contributed by atoms with Gasteiger partial charge in [-0.3, -0.25) is 4.98 Å². The topological polar surface area (TPSA) is 56.3 Å². The number of aryl methyl sites for hydroxylation is 1. The number of methoxy groups -OCH3 is 3. The van der Waals surface area contributed by atoms with Crippen molar-refractivity contribution in [3.63, 3.8) is 0 Å². The Labute approximate surface area is 337 Å². The highest BCUT2D eigenvalue weighted by Crippen LogP contribution is 2.50. The van der Waals surface area contributed by atoms with Crippen LogP contribution in [0, 0.1) is 12.3 Å². The molecule has 2 unspecified atom stereocenters. The molecule has 1 aliphatic carbocycles. The maximum atomic E-state index is 7.33. The van der Waals surface area contributed by atoms with Crippen molar-refractivity contribution in [2.24, 2.45) is 5.41 Å². The third-order valence-corrected chi connectivity index (χ3v) is 12.0. The van der Waals surface area contributed by atoms with Crippen LogP contribution in [0.5, 0.6) is 5.75 Å². The molecule has 300 valence electrons. The maximum Gasteiger partial charge on any atom is 0.129 e. The Hall–Kier alpha value is -4.33. The van der Waals surface area contributed by atoms with Gasteiger partial charge >= 0.3 is 0 Å². The Bertz CT molecular complexity index is 1970. The molecule has 2 aromatic carbocycles. The van der Waals surface area contributed by atoms with E-state index in [1.54, 1.807) is 21.3 Å². The van der Waals surface area contributed by atoms with E-state index >= 15 is 0 Å². The minimum atomic E-state index is -0.163. The molecule has 7 nitrogen and oxygen atoms in total. The predicted octanol–water partition coefficient (Wildman–Crippen LogP) is 11.0. The van der Waals surface area contributed by atoms with Crippen molar-refractivity contribution in [1.82, 2.24) is 4.98 Å². The number of anilines is 2. The van der Waals surface area contributed by atoms with E-state index in [9.17, 15) is 0 Å². The predicted molar refractivity (Wildman–Crippen MR) is 231 cm³/mol. The van der Waals surface area contributed by atoms with Crippen molar-refractivity contribution in [3.05, 3.63) is 130 Å². The zero-order chi connectivity index (χ0) is 40.3. The second kappa shape index (κ2) is 17.0. The molecular formula is C49H65N3O4. The van der Waals surface area contributed by atoms with Crippen LogP contribution in [0.2, 0.25) is 0 Å². The number of allylic oxidation sites excluding steroid dienone is 6. The normalized spacial score (nSPS) is 20.7. The molecule has 0 amide bonds. The minimum absolute atomic E-state index is 0.143. The van der Waals surface area contributed by atoms with Crippen LogP contribution in [-0.2, 0) is 25.0 Å². The second-order valence-corrected chi connectivity index (χ2v) is 17.8. The molecule has 7 heteroatoms. The van der Waals surface area contributed by atoms with Gasteiger partial charge in [0.05, 0.1) is 13.2 Å². The van der Waals surface area contributed by atoms with Gasteiger partial charge in [0.1, 0.15) is 17.6 Å². The van der Waals surface area contributed by atoms with Crippen LogP contribution >= 0.6 is 0 Å². The summed E-state index contributed by atoms with van der Waals surface area (Å²) in [6.07, 6.45) is 16.8. The van der Waals surface area contributed by atoms with Gasteiger partial charge in [0, 0.05) is 86.2 Å². The van der Waals surface area contributed by atoms with Gasteiger partial charge in [-0.25, -0.2) is 0 Å². The van der Waals surface area contributed by atoms with Crippen LogP contribution in [0.1, 0.15) is 103 Å². The molecule has 3 aromatic rings. The summed E-state index contributed by atoms with van der Waals surface area (Å²) in [6, 6.07) is 17.7. The number of ether oxygens (including phenoxy) is 4. The highest BCUT2D eigenvalue weighted by atomic mass is 16.5. The number of rotatable bonds is 15. The van der Waals surface area contributed by atoms with Gasteiger partial charge in [-0.1, -0.05) is 84.4 Å². The van der Waals surface area contributed by atoms with Crippen LogP contribution in [-0.4, -0.2) is 58.7 Å². The van der Waals surface area contributed by atoms with Gasteiger partial charge in [0.2, 0.25) is 0 Å². The largest absolute Gasteiger partial charge is 0.497 e. The fourth-order valence-electron chi connectivity index (χ4n) is 8.95. The molecule has 0 saturated heterocycles. The molecule has 0 saturated carbocycles. The number of benzene rings is 2. The number of hydrogen-bond acceptors (Lipinski definition) is 7. The maximum absolute atomic E-state index is 7.33. The van der Waals surface area contributed by atoms with Crippen molar-refractivity contribution in [2.75, 3.05) is 57.4 Å². The average molecular weight is 760 g/mol. The minimum Gasteiger partial charge on any atom is -0.497 e. The quantitative estimate of drug-likeness (QED) is 0.143. The monoisotopic (exact) mass is 759 g/mol. The molecule has 2 atom stereocenters. The molecule has 6 rings (SSSR count). The highest BCUT2D eigenvalue weighted by Gasteiger charge is 2.44. The summed E-state index contributed by atoms with van der Waals surface area (Å²) in [6.45, 7) is 21.6. The van der Waals surface area contributed by atoms with Gasteiger partial charge in [0.25, 0.3) is 0 Å². The smallest absolute Gasteiger partial charge is 0.129 e. The molecule has 3 heterocycles. The van der Waals surface area contributed by atoms with E-state index in [0.29, 0.717) is 0 Å². The van der Waals surface area contributed by atoms with Crippen molar-refractivity contribution < 1.29 is 18.9 Å². The van der Waals surface area contributed by atoms with E-state index < -0.39 is 0 Å². The lowest BCUT2D eigenvalue weighted by Gasteiger charge is -2.33. The number of pyridine rings is 1. The van der Waals surface area contributed by atoms with Crippen LogP contribution in [0.4, 0.5) is 11.4 Å². The highest BCUT2D eigenvalue weighted by molar-refractivity contribution is 5.72. The lowest BCUT2D eigenvalue weighted by molar-refractivity contribution is 0.0294. The summed E-state index contributed by atoms with van der Waals surface area (Å²) in [5.41, 5.74) is 11.0. The Morgan fingerprint density at radius 2 is 1.54 bits per heavy atom. The summed E-state index contributed by atoms with van der Waals surface area (Å²) in [5.74, 6) is 1.88. The molecule has 0 N–H and O–H groups in total. The molecule has 0 fully saturated rings. The van der Waals surface area contributed by atoms with Gasteiger partial charge in [-0.15, -0.1) is 0 Å². The van der Waals surface area contributed by atoms with Crippen LogP contribution in [0.15, 0.2) is 108 Å². The first-order valence-corrected chi connectivity index (χ1v) is 20.4. The van der Waals surface area contributed by atoms with Crippen molar-refractivity contribution in [2.45, 2.75) is 104 Å². The zero-order valence-electron chi connectivity index (χ0n) is 35.9. The molecule has 0 bridgehead atoms. The van der Waals surface area contributed by atoms with Gasteiger partial charge in [-0.05, 0) is 103 Å². The first kappa shape index (κ1) is 41.3. The standard InChI is InChI=1S/C49H65N3O4/c1-34-14-20-41-39(32-34)48(5,6)43(51(41)28-12-30-53-9)22-17-35-15-16-36(45(35)56-46(47(2,3)4)37-24-26-50-27-25-37)18-23-44-49(7,8)40-33-38(55-11)19-21-42(40)52(44)29-13-31-54-10/h14,17-27,32-33,44,46H,12-13,15-16,28-31H2,1-11H3/b23-18+,35-17+,43-22+. The summed E-state index contributed by atoms with van der Waals surface area (Å²) in [5, 5.41) is 0. The van der Waals surface area contributed by atoms with Crippen LogP contribution in [0.25, 0.3) is 0 Å².